The van der Waals surface area contributed by atoms with Crippen LogP contribution in [0.1, 0.15) is 39.0 Å². The highest BCUT2D eigenvalue weighted by molar-refractivity contribution is 5.95. The van der Waals surface area contributed by atoms with Gasteiger partial charge in [0.25, 0.3) is 0 Å². The molecule has 2 aliphatic rings. The third kappa shape index (κ3) is 5.25. The van der Waals surface area contributed by atoms with E-state index in [9.17, 15) is 34.2 Å². The summed E-state index contributed by atoms with van der Waals surface area (Å²) in [6.45, 7) is 1.77. The van der Waals surface area contributed by atoms with E-state index in [1.807, 2.05) is 0 Å². The maximum absolute atomic E-state index is 13.0. The van der Waals surface area contributed by atoms with E-state index in [2.05, 4.69) is 5.32 Å². The molecule has 0 aromatic heterocycles. The van der Waals surface area contributed by atoms with Crippen molar-refractivity contribution < 1.29 is 39.3 Å². The number of aliphatic carboxylic acids is 2. The molecule has 2 rings (SSSR count). The minimum atomic E-state index is -1.42. The zero-order valence-corrected chi connectivity index (χ0v) is 16.7. The number of rotatable bonds is 8. The molecule has 2 fully saturated rings. The molecule has 0 saturated carbocycles. The summed E-state index contributed by atoms with van der Waals surface area (Å²) in [6, 6.07) is -4.65. The fourth-order valence-corrected chi connectivity index (χ4v) is 3.87. The molecule has 2 saturated heterocycles. The van der Waals surface area contributed by atoms with Crippen molar-refractivity contribution in [3.8, 4) is 0 Å². The third-order valence-corrected chi connectivity index (χ3v) is 5.42. The van der Waals surface area contributed by atoms with E-state index in [1.54, 1.807) is 0 Å². The Hall–Kier alpha value is -2.73. The molecule has 0 radical (unpaired) electrons. The average molecular weight is 428 g/mol. The first-order chi connectivity index (χ1) is 14.0. The Morgan fingerprint density at radius 3 is 2.13 bits per heavy atom. The number of carboxylic acids is 2. The van der Waals surface area contributed by atoms with Gasteiger partial charge < -0.3 is 36.2 Å². The van der Waals surface area contributed by atoms with Crippen LogP contribution >= 0.6 is 0 Å². The van der Waals surface area contributed by atoms with Crippen LogP contribution in [0.4, 0.5) is 0 Å². The highest BCUT2D eigenvalue weighted by atomic mass is 16.4. The van der Waals surface area contributed by atoms with Crippen molar-refractivity contribution in [2.75, 3.05) is 13.1 Å². The first-order valence-corrected chi connectivity index (χ1v) is 9.84. The first-order valence-electron chi connectivity index (χ1n) is 9.84. The van der Waals surface area contributed by atoms with Crippen LogP contribution in [0.3, 0.4) is 0 Å². The SMILES string of the molecule is CC(O)C(NC(=O)C(N)CC(=O)O)C(=O)N1CCCC1C(=O)N1CCCC1C(=O)O. The summed E-state index contributed by atoms with van der Waals surface area (Å²) in [5, 5.41) is 30.3. The molecule has 3 amide bonds. The monoisotopic (exact) mass is 428 g/mol. The van der Waals surface area contributed by atoms with Crippen LogP contribution in [0.15, 0.2) is 0 Å². The molecule has 6 N–H and O–H groups in total. The van der Waals surface area contributed by atoms with E-state index in [-0.39, 0.29) is 13.1 Å². The number of amides is 3. The van der Waals surface area contributed by atoms with E-state index in [0.29, 0.717) is 25.7 Å². The number of nitrogens with zero attached hydrogens (tertiary/aromatic N) is 2. The summed E-state index contributed by atoms with van der Waals surface area (Å²) >= 11 is 0. The van der Waals surface area contributed by atoms with Crippen LogP contribution in [0.5, 0.6) is 0 Å². The number of hydrogen-bond acceptors (Lipinski definition) is 7. The van der Waals surface area contributed by atoms with Gasteiger partial charge in [0.1, 0.15) is 18.1 Å². The maximum atomic E-state index is 13.0. The van der Waals surface area contributed by atoms with Crippen molar-refractivity contribution in [2.45, 2.75) is 69.3 Å². The Bertz CT molecular complexity index is 712. The Morgan fingerprint density at radius 2 is 1.60 bits per heavy atom. The third-order valence-electron chi connectivity index (χ3n) is 5.42. The molecule has 2 heterocycles. The van der Waals surface area contributed by atoms with Crippen molar-refractivity contribution in [3.63, 3.8) is 0 Å². The highest BCUT2D eigenvalue weighted by Crippen LogP contribution is 2.25. The number of aliphatic hydroxyl groups is 1. The summed E-state index contributed by atoms with van der Waals surface area (Å²) in [7, 11) is 0. The van der Waals surface area contributed by atoms with Crippen LogP contribution in [0.2, 0.25) is 0 Å². The topological polar surface area (TPSA) is 191 Å². The predicted molar refractivity (Wildman–Crippen MR) is 101 cm³/mol. The number of likely N-dealkylation sites (tertiary alicyclic amines) is 2. The van der Waals surface area contributed by atoms with Crippen molar-refractivity contribution in [3.05, 3.63) is 0 Å². The standard InChI is InChI=1S/C18H28N4O8/c1-9(23)14(20-15(26)10(19)8-13(24)25)17(28)21-6-2-4-11(21)16(27)22-7-3-5-12(22)18(29)30/h9-12,14,23H,2-8,19H2,1H3,(H,20,26)(H,24,25)(H,29,30). The van der Waals surface area contributed by atoms with Gasteiger partial charge in [-0.05, 0) is 32.6 Å². The minimum absolute atomic E-state index is 0.209. The van der Waals surface area contributed by atoms with E-state index >= 15 is 0 Å². The van der Waals surface area contributed by atoms with Gasteiger partial charge in [-0.2, -0.15) is 0 Å². The lowest BCUT2D eigenvalue weighted by Crippen LogP contribution is -2.59. The number of carboxylic acid groups (broad SMARTS) is 2. The molecule has 30 heavy (non-hydrogen) atoms. The van der Waals surface area contributed by atoms with Crippen LogP contribution in [-0.4, -0.2) is 98.1 Å². The molecular formula is C18H28N4O8. The summed E-state index contributed by atoms with van der Waals surface area (Å²) in [5.74, 6) is -4.48. The lowest BCUT2D eigenvalue weighted by molar-refractivity contribution is -0.153. The van der Waals surface area contributed by atoms with Gasteiger partial charge in [0.15, 0.2) is 0 Å². The molecule has 12 heteroatoms. The van der Waals surface area contributed by atoms with Gasteiger partial charge in [-0.15, -0.1) is 0 Å². The number of nitrogens with two attached hydrogens (primary N) is 1. The van der Waals surface area contributed by atoms with E-state index < -0.39 is 66.4 Å². The molecule has 0 aromatic carbocycles. The molecule has 0 aliphatic carbocycles. The number of carbonyl (C=O) groups is 5. The fraction of sp³-hybridized carbons (Fsp3) is 0.722. The van der Waals surface area contributed by atoms with E-state index in [4.69, 9.17) is 10.8 Å². The van der Waals surface area contributed by atoms with Gasteiger partial charge in [-0.1, -0.05) is 0 Å². The van der Waals surface area contributed by atoms with Crippen LogP contribution in [-0.2, 0) is 24.0 Å². The molecule has 0 bridgehead atoms. The Morgan fingerprint density at radius 1 is 1.03 bits per heavy atom. The van der Waals surface area contributed by atoms with Gasteiger partial charge in [0.2, 0.25) is 17.7 Å². The highest BCUT2D eigenvalue weighted by Gasteiger charge is 2.44. The second-order valence-corrected chi connectivity index (χ2v) is 7.65. The minimum Gasteiger partial charge on any atom is -0.481 e. The summed E-state index contributed by atoms with van der Waals surface area (Å²) in [6.07, 6.45) is -0.233. The Balaban J connectivity index is 2.13. The molecule has 5 atom stereocenters. The number of aliphatic hydroxyl groups excluding tert-OH is 1. The zero-order valence-electron chi connectivity index (χ0n) is 16.7. The second kappa shape index (κ2) is 9.85. The lowest BCUT2D eigenvalue weighted by atomic mass is 10.1. The molecule has 12 nitrogen and oxygen atoms in total. The molecule has 2 aliphatic heterocycles. The zero-order chi connectivity index (χ0) is 22.6. The van der Waals surface area contributed by atoms with Gasteiger partial charge in [-0.3, -0.25) is 19.2 Å². The van der Waals surface area contributed by atoms with E-state index in [1.165, 1.54) is 16.7 Å². The van der Waals surface area contributed by atoms with Gasteiger partial charge >= 0.3 is 11.9 Å². The maximum Gasteiger partial charge on any atom is 0.326 e. The molecule has 0 spiro atoms. The van der Waals surface area contributed by atoms with Crippen LogP contribution in [0.25, 0.3) is 0 Å². The molecule has 5 unspecified atom stereocenters. The first kappa shape index (κ1) is 23.5. The number of hydrogen-bond donors (Lipinski definition) is 5. The predicted octanol–water partition coefficient (Wildman–Crippen LogP) is -2.28. The Labute approximate surface area is 173 Å². The van der Waals surface area contributed by atoms with Crippen molar-refractivity contribution in [1.29, 1.82) is 0 Å². The summed E-state index contributed by atoms with van der Waals surface area (Å²) in [5.41, 5.74) is 5.51. The quantitative estimate of drug-likeness (QED) is 0.283. The van der Waals surface area contributed by atoms with Crippen LogP contribution in [0, 0.1) is 0 Å². The van der Waals surface area contributed by atoms with Gasteiger partial charge in [-0.25, -0.2) is 4.79 Å². The average Bonchev–Trinajstić information content (AvgIpc) is 3.33. The van der Waals surface area contributed by atoms with E-state index in [0.717, 1.165) is 0 Å². The van der Waals surface area contributed by atoms with Gasteiger partial charge in [0, 0.05) is 13.1 Å². The summed E-state index contributed by atoms with van der Waals surface area (Å²) in [4.78, 5) is 62.7. The van der Waals surface area contributed by atoms with Crippen molar-refractivity contribution in [2.24, 2.45) is 5.73 Å². The largest absolute Gasteiger partial charge is 0.481 e. The number of nitrogens with one attached hydrogen (secondary N) is 1. The van der Waals surface area contributed by atoms with Crippen LogP contribution < -0.4 is 11.1 Å². The second-order valence-electron chi connectivity index (χ2n) is 7.65. The number of carbonyl (C=O) groups excluding carboxylic acids is 3. The summed E-state index contributed by atoms with van der Waals surface area (Å²) < 4.78 is 0. The lowest BCUT2D eigenvalue weighted by Gasteiger charge is -2.33. The normalized spacial score (nSPS) is 24.2. The fourth-order valence-electron chi connectivity index (χ4n) is 3.87. The Kier molecular flexibility index (Phi) is 7.73. The molecular weight excluding hydrogens is 400 g/mol. The molecule has 168 valence electrons. The molecule has 0 aromatic rings. The van der Waals surface area contributed by atoms with Gasteiger partial charge in [0.05, 0.1) is 18.6 Å². The van der Waals surface area contributed by atoms with Crippen molar-refractivity contribution >= 4 is 29.7 Å². The smallest absolute Gasteiger partial charge is 0.326 e. The van der Waals surface area contributed by atoms with Crippen molar-refractivity contribution in [1.82, 2.24) is 15.1 Å².